The van der Waals surface area contributed by atoms with Gasteiger partial charge >= 0.3 is 17.9 Å². The lowest BCUT2D eigenvalue weighted by Gasteiger charge is -2.71. The van der Waals surface area contributed by atoms with Crippen LogP contribution >= 0.6 is 0 Å². The number of carbonyl (C=O) groups excluding carboxylic acids is 3. The minimum atomic E-state index is -2.21. The summed E-state index contributed by atoms with van der Waals surface area (Å²) in [5.74, 6) is -3.39. The van der Waals surface area contributed by atoms with Crippen molar-refractivity contribution in [3.63, 3.8) is 0 Å². The fourth-order valence-electron chi connectivity index (χ4n) is 23.2. The minimum absolute atomic E-state index is 0.0258. The van der Waals surface area contributed by atoms with Gasteiger partial charge < -0.3 is 187 Å². The predicted molar refractivity (Wildman–Crippen MR) is 462 cm³/mol. The van der Waals surface area contributed by atoms with Crippen LogP contribution in [0.2, 0.25) is 0 Å². The zero-order chi connectivity index (χ0) is 99.0. The Hall–Kier alpha value is -4.29. The first-order chi connectivity index (χ1) is 63.2. The summed E-state index contributed by atoms with van der Waals surface area (Å²) in [5.41, 5.74) is -5.43. The van der Waals surface area contributed by atoms with Crippen molar-refractivity contribution in [3.8, 4) is 0 Å². The highest BCUT2D eigenvalue weighted by Crippen LogP contribution is 2.76. The number of hydrogen-bond acceptors (Lipinski definition) is 41. The number of allylic oxidation sites excluding steroid dienone is 4. The van der Waals surface area contributed by atoms with Gasteiger partial charge in [-0.2, -0.15) is 0 Å². The van der Waals surface area contributed by atoms with Gasteiger partial charge in [0.15, 0.2) is 62.3 Å². The quantitative estimate of drug-likeness (QED) is 0.0125. The van der Waals surface area contributed by atoms with Gasteiger partial charge in [-0.1, -0.05) is 84.4 Å². The van der Waals surface area contributed by atoms with Gasteiger partial charge in [0.1, 0.15) is 140 Å². The molecule has 0 aromatic carbocycles. The van der Waals surface area contributed by atoms with Gasteiger partial charge in [0.25, 0.3) is 0 Å². The van der Waals surface area contributed by atoms with Crippen molar-refractivity contribution in [2.45, 2.75) is 418 Å². The summed E-state index contributed by atoms with van der Waals surface area (Å²) in [4.78, 5) is 45.6. The Labute approximate surface area is 785 Å². The van der Waals surface area contributed by atoms with Crippen molar-refractivity contribution < 1.29 is 202 Å². The van der Waals surface area contributed by atoms with Gasteiger partial charge in [-0.3, -0.25) is 4.79 Å². The van der Waals surface area contributed by atoms with Crippen molar-refractivity contribution >= 4 is 17.9 Å². The standard InChI is InChI=1S/C94H148O41/c1-16-89(11,116)26-18-20-41(3)76(113)129-72-61(104)52(40-123-84-74(63(106)56(99)43(5)124-84)130-77(114)42(4)21-19-27-90(12,117)17-2)127-85(75(72)134-81-68(111)64(107)70(44(6)125-81)131-80-69(112)71(50(98)38-120-80)132-78-65(108)57(100)47(95)35-118-78)135-86(115)94-32-30-87(7,8)34-46(94)45-22-23-54-91(13)28-25-55(88(9,10)53(91)24-29-93(54,15)92(45,14)31-33-94)128-82-67(110)62(105)60(103)51(126-82)39-122-83-73(59(102)49(97)37-121-83)133-79-66(109)58(101)48(96)36-119-79/h16-17,20-22,43-44,46-75,78-85,95-112,116-117H,1-2,18-19,23-40H2,3-15H3/b41-20+,42-21+. The zero-order valence-electron chi connectivity index (χ0n) is 79.1. The molecule has 5 aliphatic carbocycles. The molecule has 41 heteroatoms. The molecule has 0 spiro atoms. The van der Waals surface area contributed by atoms with Crippen LogP contribution in [-0.2, 0) is 99.6 Å². The van der Waals surface area contributed by atoms with Gasteiger partial charge in [0.05, 0.1) is 74.6 Å². The molecular weight excluding hydrogens is 1780 g/mol. The highest BCUT2D eigenvalue weighted by atomic mass is 16.8. The molecule has 0 aromatic rings. The van der Waals surface area contributed by atoms with E-state index in [2.05, 4.69) is 67.7 Å². The number of ether oxygens (including phenoxy) is 18. The maximum atomic E-state index is 16.8. The Balaban J connectivity index is 0.785. The van der Waals surface area contributed by atoms with E-state index >= 15 is 4.79 Å². The van der Waals surface area contributed by atoms with E-state index in [9.17, 15) is 112 Å². The number of aliphatic hydroxyl groups excluding tert-OH is 18. The molecule has 13 rings (SSSR count). The number of hydrogen-bond donors (Lipinski definition) is 20. The van der Waals surface area contributed by atoms with E-state index in [4.69, 9.17) is 85.3 Å². The van der Waals surface area contributed by atoms with E-state index in [1.54, 1.807) is 0 Å². The molecule has 20 N–H and O–H groups in total. The van der Waals surface area contributed by atoms with Gasteiger partial charge in [-0.05, 0) is 176 Å². The predicted octanol–water partition coefficient (Wildman–Crippen LogP) is -1.70. The topological polar surface area (TPSA) is 622 Å². The summed E-state index contributed by atoms with van der Waals surface area (Å²) in [6, 6.07) is 0. The van der Waals surface area contributed by atoms with Crippen LogP contribution in [0, 0.1) is 50.2 Å². The van der Waals surface area contributed by atoms with E-state index in [0.29, 0.717) is 51.4 Å². The summed E-state index contributed by atoms with van der Waals surface area (Å²) >= 11 is 0. The maximum absolute atomic E-state index is 16.8. The molecule has 0 aromatic heterocycles. The number of carbonyl (C=O) groups is 3. The molecule has 46 atom stereocenters. The van der Waals surface area contributed by atoms with Crippen LogP contribution in [0.5, 0.6) is 0 Å². The molecule has 0 bridgehead atoms. The van der Waals surface area contributed by atoms with E-state index in [-0.39, 0.29) is 72.3 Å². The lowest BCUT2D eigenvalue weighted by molar-refractivity contribution is -0.381. The van der Waals surface area contributed by atoms with Gasteiger partial charge in [-0.15, -0.1) is 13.2 Å². The van der Waals surface area contributed by atoms with Crippen molar-refractivity contribution in [3.05, 3.63) is 60.3 Å². The van der Waals surface area contributed by atoms with E-state index in [1.807, 2.05) is 0 Å². The van der Waals surface area contributed by atoms with E-state index in [0.717, 1.165) is 5.57 Å². The smallest absolute Gasteiger partial charge is 0.333 e. The lowest BCUT2D eigenvalue weighted by atomic mass is 9.33. The van der Waals surface area contributed by atoms with Crippen LogP contribution in [0.4, 0.5) is 0 Å². The van der Waals surface area contributed by atoms with Crippen molar-refractivity contribution in [2.75, 3.05) is 39.6 Å². The molecule has 8 saturated heterocycles. The molecule has 46 unspecified atom stereocenters. The fourth-order valence-corrected chi connectivity index (χ4v) is 23.2. The SMILES string of the molecule is C=CC(C)(O)CC/C=C(\C)C(=O)OC1C(OCC2OC(OC(=O)C34CCC(C)(C)CC3C3=CCC5C6(C)CCC(OC7OC(COC8OCC(O)C(O)C8OC8OCC(O)C(O)C8O)C(O)C(O)C7O)C(C)(C)C6CCC5(C)C3(C)CC4)C(OC3OC(C)C(OC4OCC(O)C(OC5OCC(O)C(O)C5O)C4O)C(O)C3O)C(OC(=O)/C(C)=C/CCC(C)(O)C=C)C2O)OC(C)C(O)C1O. The second-order valence-electron chi connectivity index (χ2n) is 42.5. The summed E-state index contributed by atoms with van der Waals surface area (Å²) in [7, 11) is 0. The normalized spacial score (nSPS) is 48.3. The number of fused-ring (bicyclic) bond motifs is 7. The third kappa shape index (κ3) is 21.9. The molecule has 4 saturated carbocycles. The third-order valence-electron chi connectivity index (χ3n) is 32.3. The third-order valence-corrected chi connectivity index (χ3v) is 32.3. The summed E-state index contributed by atoms with van der Waals surface area (Å²) in [6.45, 7) is 28.1. The zero-order valence-corrected chi connectivity index (χ0v) is 79.1. The first-order valence-electron chi connectivity index (χ1n) is 47.4. The largest absolute Gasteiger partial charge is 0.453 e. The van der Waals surface area contributed by atoms with Crippen LogP contribution in [0.25, 0.3) is 0 Å². The minimum Gasteiger partial charge on any atom is -0.453 e. The van der Waals surface area contributed by atoms with Crippen LogP contribution in [0.1, 0.15) is 180 Å². The molecule has 8 aliphatic heterocycles. The molecule has 12 fully saturated rings. The van der Waals surface area contributed by atoms with Gasteiger partial charge in [-0.25, -0.2) is 9.59 Å². The average molecular weight is 1930 g/mol. The molecule has 0 radical (unpaired) electrons. The number of aliphatic hydroxyl groups is 20. The van der Waals surface area contributed by atoms with Crippen LogP contribution in [0.15, 0.2) is 60.3 Å². The Morgan fingerprint density at radius 3 is 1.50 bits per heavy atom. The Kier molecular flexibility index (Phi) is 34.0. The molecule has 13 aliphatic rings. The number of rotatable bonds is 30. The summed E-state index contributed by atoms with van der Waals surface area (Å²) < 4.78 is 110. The fraction of sp³-hybridized carbons (Fsp3) is 0.862. The molecule has 135 heavy (non-hydrogen) atoms. The Bertz CT molecular complexity index is 4130. The number of esters is 3. The summed E-state index contributed by atoms with van der Waals surface area (Å²) in [6.07, 6.45) is -49.7. The van der Waals surface area contributed by atoms with Crippen LogP contribution in [-0.4, -0.2) is 398 Å². The van der Waals surface area contributed by atoms with Crippen molar-refractivity contribution in [2.24, 2.45) is 50.2 Å². The van der Waals surface area contributed by atoms with Gasteiger partial charge in [0.2, 0.25) is 6.29 Å². The highest BCUT2D eigenvalue weighted by molar-refractivity contribution is 5.88. The Morgan fingerprint density at radius 1 is 0.437 bits per heavy atom. The lowest BCUT2D eigenvalue weighted by Crippen LogP contribution is -2.67. The molecule has 0 amide bonds. The maximum Gasteiger partial charge on any atom is 0.333 e. The molecule has 41 nitrogen and oxygen atoms in total. The van der Waals surface area contributed by atoms with Crippen LogP contribution in [0.3, 0.4) is 0 Å². The van der Waals surface area contributed by atoms with Crippen molar-refractivity contribution in [1.29, 1.82) is 0 Å². The molecule has 770 valence electrons. The first kappa shape index (κ1) is 108. The monoisotopic (exact) mass is 1930 g/mol. The van der Waals surface area contributed by atoms with Gasteiger partial charge in [0, 0.05) is 11.1 Å². The van der Waals surface area contributed by atoms with Crippen molar-refractivity contribution in [1.82, 2.24) is 0 Å². The Morgan fingerprint density at radius 2 is 0.911 bits per heavy atom. The summed E-state index contributed by atoms with van der Waals surface area (Å²) in [5, 5.41) is 224. The first-order valence-corrected chi connectivity index (χ1v) is 47.4. The second kappa shape index (κ2) is 42.6. The highest BCUT2D eigenvalue weighted by Gasteiger charge is 2.71. The van der Waals surface area contributed by atoms with E-state index < -0.39 is 324 Å². The molecule has 8 heterocycles. The van der Waals surface area contributed by atoms with Crippen LogP contribution < -0.4 is 0 Å². The average Bonchev–Trinajstić information content (AvgIpc) is 0.672. The van der Waals surface area contributed by atoms with E-state index in [1.165, 1.54) is 65.8 Å². The second-order valence-corrected chi connectivity index (χ2v) is 42.5. The molecular formula is C94H148O41.